The van der Waals surface area contributed by atoms with Crippen molar-refractivity contribution in [2.45, 2.75) is 64.9 Å². The van der Waals surface area contributed by atoms with E-state index < -0.39 is 0 Å². The van der Waals surface area contributed by atoms with Gasteiger partial charge in [0, 0.05) is 0 Å². The van der Waals surface area contributed by atoms with Crippen molar-refractivity contribution in [1.82, 2.24) is 0 Å². The summed E-state index contributed by atoms with van der Waals surface area (Å²) in [6, 6.07) is 9.26. The highest BCUT2D eigenvalue weighted by Gasteiger charge is 2.14. The number of carbonyl (C=O) groups excluding carboxylic acids is 1. The molecule has 0 saturated heterocycles. The summed E-state index contributed by atoms with van der Waals surface area (Å²) in [5, 5.41) is 0. The van der Waals surface area contributed by atoms with Gasteiger partial charge in [-0.3, -0.25) is 0 Å². The quantitative estimate of drug-likeness (QED) is 0.463. The van der Waals surface area contributed by atoms with Crippen molar-refractivity contribution < 1.29 is 9.53 Å². The molecule has 0 radical (unpaired) electrons. The lowest BCUT2D eigenvalue weighted by molar-refractivity contribution is 0.0254. The minimum absolute atomic E-state index is 0.0783. The summed E-state index contributed by atoms with van der Waals surface area (Å²) in [4.78, 5) is 12.0. The Bertz CT molecular complexity index is 346. The first-order valence-electron chi connectivity index (χ1n) is 7.54. The van der Waals surface area contributed by atoms with Crippen molar-refractivity contribution in [3.8, 4) is 0 Å². The molecular formula is C17H26O2. The van der Waals surface area contributed by atoms with Crippen molar-refractivity contribution in [3.63, 3.8) is 0 Å². The molecule has 0 aliphatic heterocycles. The zero-order valence-electron chi connectivity index (χ0n) is 12.2. The van der Waals surface area contributed by atoms with Crippen molar-refractivity contribution in [1.29, 1.82) is 0 Å². The molecule has 106 valence electrons. The fourth-order valence-electron chi connectivity index (χ4n) is 2.18. The zero-order valence-corrected chi connectivity index (χ0v) is 12.2. The molecule has 0 aliphatic rings. The van der Waals surface area contributed by atoms with Gasteiger partial charge in [0.1, 0.15) is 6.10 Å². The first kappa shape index (κ1) is 15.7. The molecule has 0 aromatic heterocycles. The summed E-state index contributed by atoms with van der Waals surface area (Å²) in [7, 11) is 0. The van der Waals surface area contributed by atoms with Gasteiger partial charge in [0.15, 0.2) is 0 Å². The van der Waals surface area contributed by atoms with Gasteiger partial charge in [0.05, 0.1) is 5.56 Å². The minimum atomic E-state index is -0.186. The molecule has 19 heavy (non-hydrogen) atoms. The van der Waals surface area contributed by atoms with Gasteiger partial charge in [-0.25, -0.2) is 4.79 Å². The van der Waals surface area contributed by atoms with Crippen LogP contribution in [0, 0.1) is 0 Å². The molecule has 1 atom stereocenters. The van der Waals surface area contributed by atoms with Gasteiger partial charge in [0.25, 0.3) is 0 Å². The lowest BCUT2D eigenvalue weighted by Crippen LogP contribution is -2.18. The van der Waals surface area contributed by atoms with E-state index in [1.54, 1.807) is 0 Å². The summed E-state index contributed by atoms with van der Waals surface area (Å²) in [5.41, 5.74) is 0.650. The molecule has 0 bridgehead atoms. The molecule has 1 unspecified atom stereocenters. The van der Waals surface area contributed by atoms with Crippen molar-refractivity contribution in [2.75, 3.05) is 0 Å². The van der Waals surface area contributed by atoms with Gasteiger partial charge in [-0.15, -0.1) is 0 Å². The van der Waals surface area contributed by atoms with E-state index in [0.29, 0.717) is 5.56 Å². The van der Waals surface area contributed by atoms with E-state index in [9.17, 15) is 4.79 Å². The topological polar surface area (TPSA) is 26.3 Å². The summed E-state index contributed by atoms with van der Waals surface area (Å²) in [6.45, 7) is 4.34. The van der Waals surface area contributed by atoms with E-state index in [1.165, 1.54) is 19.3 Å². The molecule has 1 rings (SSSR count). The third-order valence-corrected chi connectivity index (χ3v) is 3.27. The Morgan fingerprint density at radius 1 is 1.00 bits per heavy atom. The fraction of sp³-hybridized carbons (Fsp3) is 0.588. The maximum absolute atomic E-state index is 12.0. The highest BCUT2D eigenvalue weighted by atomic mass is 16.5. The molecule has 0 aliphatic carbocycles. The monoisotopic (exact) mass is 262 g/mol. The van der Waals surface area contributed by atoms with Gasteiger partial charge in [-0.2, -0.15) is 0 Å². The molecule has 0 N–H and O–H groups in total. The van der Waals surface area contributed by atoms with E-state index in [2.05, 4.69) is 13.8 Å². The van der Waals surface area contributed by atoms with Gasteiger partial charge < -0.3 is 4.74 Å². The number of hydrogen-bond donors (Lipinski definition) is 0. The summed E-state index contributed by atoms with van der Waals surface area (Å²) < 4.78 is 5.62. The number of rotatable bonds is 9. The maximum Gasteiger partial charge on any atom is 0.338 e. The molecule has 0 amide bonds. The van der Waals surface area contributed by atoms with Crippen LogP contribution in [0.25, 0.3) is 0 Å². The maximum atomic E-state index is 12.0. The largest absolute Gasteiger partial charge is 0.459 e. The molecule has 0 fully saturated rings. The zero-order chi connectivity index (χ0) is 13.9. The van der Waals surface area contributed by atoms with E-state index in [1.807, 2.05) is 30.3 Å². The minimum Gasteiger partial charge on any atom is -0.459 e. The van der Waals surface area contributed by atoms with Crippen LogP contribution in [-0.4, -0.2) is 12.1 Å². The molecule has 1 aromatic carbocycles. The number of unbranched alkanes of at least 4 members (excludes halogenated alkanes) is 3. The van der Waals surface area contributed by atoms with Gasteiger partial charge in [-0.1, -0.05) is 57.7 Å². The van der Waals surface area contributed by atoms with Crippen LogP contribution in [-0.2, 0) is 4.74 Å². The number of esters is 1. The van der Waals surface area contributed by atoms with Crippen molar-refractivity contribution in [3.05, 3.63) is 35.9 Å². The normalized spacial score (nSPS) is 12.1. The molecule has 2 nitrogen and oxygen atoms in total. The van der Waals surface area contributed by atoms with Crippen LogP contribution in [0.3, 0.4) is 0 Å². The Hall–Kier alpha value is -1.31. The highest BCUT2D eigenvalue weighted by Crippen LogP contribution is 2.15. The fourth-order valence-corrected chi connectivity index (χ4v) is 2.18. The number of carbonyl (C=O) groups is 1. The van der Waals surface area contributed by atoms with E-state index in [0.717, 1.165) is 25.7 Å². The SMILES string of the molecule is CCCCCCC(CCC)OC(=O)c1ccccc1. The van der Waals surface area contributed by atoms with Gasteiger partial charge in [-0.05, 0) is 31.4 Å². The first-order chi connectivity index (χ1) is 9.27. The van der Waals surface area contributed by atoms with Crippen LogP contribution in [0.4, 0.5) is 0 Å². The van der Waals surface area contributed by atoms with E-state index in [4.69, 9.17) is 4.74 Å². The van der Waals surface area contributed by atoms with Crippen LogP contribution < -0.4 is 0 Å². The van der Waals surface area contributed by atoms with Crippen LogP contribution in [0.2, 0.25) is 0 Å². The molecule has 1 aromatic rings. The Kier molecular flexibility index (Phi) is 7.95. The van der Waals surface area contributed by atoms with E-state index in [-0.39, 0.29) is 12.1 Å². The molecule has 0 heterocycles. The predicted molar refractivity (Wildman–Crippen MR) is 79.3 cm³/mol. The molecular weight excluding hydrogens is 236 g/mol. The van der Waals surface area contributed by atoms with Gasteiger partial charge in [0.2, 0.25) is 0 Å². The summed E-state index contributed by atoms with van der Waals surface area (Å²) >= 11 is 0. The van der Waals surface area contributed by atoms with Crippen LogP contribution in [0.1, 0.15) is 69.2 Å². The summed E-state index contributed by atoms with van der Waals surface area (Å²) in [5.74, 6) is -0.186. The molecule has 0 saturated carbocycles. The Balaban J connectivity index is 2.41. The third kappa shape index (κ3) is 6.42. The summed E-state index contributed by atoms with van der Waals surface area (Å²) in [6.07, 6.45) is 7.99. The average molecular weight is 262 g/mol. The predicted octanol–water partition coefficient (Wildman–Crippen LogP) is 4.98. The van der Waals surface area contributed by atoms with Gasteiger partial charge >= 0.3 is 5.97 Å². The Morgan fingerprint density at radius 3 is 2.37 bits per heavy atom. The highest BCUT2D eigenvalue weighted by molar-refractivity contribution is 5.89. The second-order valence-electron chi connectivity index (χ2n) is 5.03. The third-order valence-electron chi connectivity index (χ3n) is 3.27. The second kappa shape index (κ2) is 9.60. The van der Waals surface area contributed by atoms with Crippen LogP contribution >= 0.6 is 0 Å². The van der Waals surface area contributed by atoms with E-state index >= 15 is 0 Å². The molecule has 0 spiro atoms. The smallest absolute Gasteiger partial charge is 0.338 e. The average Bonchev–Trinajstić information content (AvgIpc) is 2.44. The second-order valence-corrected chi connectivity index (χ2v) is 5.03. The van der Waals surface area contributed by atoms with Crippen LogP contribution in [0.5, 0.6) is 0 Å². The van der Waals surface area contributed by atoms with Crippen LogP contribution in [0.15, 0.2) is 30.3 Å². The number of benzene rings is 1. The first-order valence-corrected chi connectivity index (χ1v) is 7.54. The number of ether oxygens (including phenoxy) is 1. The lowest BCUT2D eigenvalue weighted by atomic mass is 10.1. The number of hydrogen-bond acceptors (Lipinski definition) is 2. The lowest BCUT2D eigenvalue weighted by Gasteiger charge is -2.17. The Labute approximate surface area is 117 Å². The molecule has 2 heteroatoms. The van der Waals surface area contributed by atoms with Crippen molar-refractivity contribution in [2.24, 2.45) is 0 Å². The Morgan fingerprint density at radius 2 is 1.74 bits per heavy atom. The van der Waals surface area contributed by atoms with Crippen molar-refractivity contribution >= 4 is 5.97 Å². The standard InChI is InChI=1S/C17H26O2/c1-3-5-6-10-14-16(11-4-2)19-17(18)15-12-8-7-9-13-15/h7-9,12-13,16H,3-6,10-11,14H2,1-2H3.